The summed E-state index contributed by atoms with van der Waals surface area (Å²) in [4.78, 5) is 12.6. The molecule has 8 heteroatoms. The van der Waals surface area contributed by atoms with E-state index in [2.05, 4.69) is 21.2 Å². The maximum absolute atomic E-state index is 12.6. The summed E-state index contributed by atoms with van der Waals surface area (Å²) in [6.45, 7) is 1.67. The fourth-order valence-electron chi connectivity index (χ4n) is 2.64. The minimum atomic E-state index is -3.60. The maximum atomic E-state index is 12.6. The standard InChI is InChI=1S/C19H23BrN2O4S/c1-4-18(14-5-11-17(26-2)12-6-14)21-19(23)13-22(27(3,24)25)16-9-7-15(20)8-10-16/h5-12,18H,4,13H2,1-3H3,(H,21,23)/t18-/m0/s1. The number of methoxy groups -OCH3 is 1. The van der Waals surface area contributed by atoms with E-state index in [1.165, 1.54) is 0 Å². The van der Waals surface area contributed by atoms with Gasteiger partial charge in [0.1, 0.15) is 12.3 Å². The van der Waals surface area contributed by atoms with Gasteiger partial charge in [-0.2, -0.15) is 0 Å². The van der Waals surface area contributed by atoms with E-state index in [9.17, 15) is 13.2 Å². The normalized spacial score (nSPS) is 12.3. The number of nitrogens with zero attached hydrogens (tertiary/aromatic N) is 1. The molecule has 2 aromatic carbocycles. The molecule has 1 amide bonds. The van der Waals surface area contributed by atoms with Crippen molar-refractivity contribution in [2.45, 2.75) is 19.4 Å². The largest absolute Gasteiger partial charge is 0.497 e. The van der Waals surface area contributed by atoms with Crippen molar-refractivity contribution in [3.8, 4) is 5.75 Å². The van der Waals surface area contributed by atoms with Crippen LogP contribution in [0.4, 0.5) is 5.69 Å². The van der Waals surface area contributed by atoms with E-state index in [-0.39, 0.29) is 18.5 Å². The molecule has 0 fully saturated rings. The molecule has 6 nitrogen and oxygen atoms in total. The Kier molecular flexibility index (Phi) is 7.26. The lowest BCUT2D eigenvalue weighted by Crippen LogP contribution is -2.41. The number of hydrogen-bond donors (Lipinski definition) is 1. The Morgan fingerprint density at radius 2 is 1.74 bits per heavy atom. The van der Waals surface area contributed by atoms with Crippen molar-refractivity contribution >= 4 is 37.5 Å². The molecule has 0 aliphatic rings. The fourth-order valence-corrected chi connectivity index (χ4v) is 3.76. The molecule has 1 atom stereocenters. The molecule has 2 rings (SSSR count). The molecule has 0 saturated heterocycles. The van der Waals surface area contributed by atoms with Crippen molar-refractivity contribution in [3.05, 3.63) is 58.6 Å². The molecule has 2 aromatic rings. The number of sulfonamides is 1. The van der Waals surface area contributed by atoms with E-state index in [1.807, 2.05) is 31.2 Å². The second kappa shape index (κ2) is 9.23. The molecule has 0 spiro atoms. The van der Waals surface area contributed by atoms with Crippen LogP contribution in [0.25, 0.3) is 0 Å². The van der Waals surface area contributed by atoms with Crippen molar-refractivity contribution in [1.82, 2.24) is 5.32 Å². The number of ether oxygens (including phenoxy) is 1. The van der Waals surface area contributed by atoms with Crippen molar-refractivity contribution in [2.24, 2.45) is 0 Å². The molecular weight excluding hydrogens is 432 g/mol. The molecule has 0 saturated carbocycles. The highest BCUT2D eigenvalue weighted by atomic mass is 79.9. The van der Waals surface area contributed by atoms with Gasteiger partial charge in [0.05, 0.1) is 25.1 Å². The monoisotopic (exact) mass is 454 g/mol. The molecule has 0 aliphatic carbocycles. The molecule has 0 aliphatic heterocycles. The number of benzene rings is 2. The highest BCUT2D eigenvalue weighted by molar-refractivity contribution is 9.10. The second-order valence-electron chi connectivity index (χ2n) is 6.05. The average molecular weight is 455 g/mol. The van der Waals surface area contributed by atoms with Crippen molar-refractivity contribution < 1.29 is 17.9 Å². The van der Waals surface area contributed by atoms with Crippen LogP contribution in [0.15, 0.2) is 53.0 Å². The Balaban J connectivity index is 2.15. The molecule has 0 aromatic heterocycles. The van der Waals surface area contributed by atoms with Crippen LogP contribution in [0.1, 0.15) is 24.9 Å². The highest BCUT2D eigenvalue weighted by Gasteiger charge is 2.22. The van der Waals surface area contributed by atoms with Gasteiger partial charge in [-0.1, -0.05) is 35.0 Å². The molecule has 146 valence electrons. The van der Waals surface area contributed by atoms with E-state index in [0.29, 0.717) is 12.1 Å². The zero-order chi connectivity index (χ0) is 20.0. The lowest BCUT2D eigenvalue weighted by Gasteiger charge is -2.24. The van der Waals surface area contributed by atoms with Gasteiger partial charge in [0.2, 0.25) is 15.9 Å². The van der Waals surface area contributed by atoms with Gasteiger partial charge >= 0.3 is 0 Å². The van der Waals surface area contributed by atoms with Crippen molar-refractivity contribution in [2.75, 3.05) is 24.2 Å². The minimum absolute atomic E-state index is 0.213. The van der Waals surface area contributed by atoms with Crippen LogP contribution in [0, 0.1) is 0 Å². The van der Waals surface area contributed by atoms with E-state index in [1.54, 1.807) is 31.4 Å². The molecule has 27 heavy (non-hydrogen) atoms. The lowest BCUT2D eigenvalue weighted by atomic mass is 10.0. The van der Waals surface area contributed by atoms with Crippen LogP contribution in [0.2, 0.25) is 0 Å². The number of rotatable bonds is 8. The molecule has 0 radical (unpaired) electrons. The van der Waals surface area contributed by atoms with Crippen molar-refractivity contribution in [1.29, 1.82) is 0 Å². The van der Waals surface area contributed by atoms with Gasteiger partial charge in [0.25, 0.3) is 0 Å². The van der Waals surface area contributed by atoms with Gasteiger partial charge in [-0.15, -0.1) is 0 Å². The van der Waals surface area contributed by atoms with Crippen LogP contribution in [-0.4, -0.2) is 34.2 Å². The first kappa shape index (κ1) is 21.2. The second-order valence-corrected chi connectivity index (χ2v) is 8.87. The molecular formula is C19H23BrN2O4S. The number of nitrogens with one attached hydrogen (secondary N) is 1. The summed E-state index contributed by atoms with van der Waals surface area (Å²) in [5.74, 6) is 0.365. The first-order valence-corrected chi connectivity index (χ1v) is 11.0. The quantitative estimate of drug-likeness (QED) is 0.661. The van der Waals surface area contributed by atoms with Crippen LogP contribution in [-0.2, 0) is 14.8 Å². The smallest absolute Gasteiger partial charge is 0.241 e. The van der Waals surface area contributed by atoms with E-state index < -0.39 is 10.0 Å². The summed E-state index contributed by atoms with van der Waals surface area (Å²) in [6.07, 6.45) is 1.76. The summed E-state index contributed by atoms with van der Waals surface area (Å²) in [5, 5.41) is 2.91. The van der Waals surface area contributed by atoms with E-state index in [0.717, 1.165) is 26.3 Å². The zero-order valence-corrected chi connectivity index (χ0v) is 17.9. The zero-order valence-electron chi connectivity index (χ0n) is 15.5. The fraction of sp³-hybridized carbons (Fsp3) is 0.316. The molecule has 0 heterocycles. The third kappa shape index (κ3) is 5.97. The molecule has 0 bridgehead atoms. The number of halogens is 1. The average Bonchev–Trinajstić information content (AvgIpc) is 2.64. The summed E-state index contributed by atoms with van der Waals surface area (Å²) in [6, 6.07) is 14.0. The van der Waals surface area contributed by atoms with Gasteiger partial charge in [0.15, 0.2) is 0 Å². The Bertz CT molecular complexity index is 868. The SMILES string of the molecule is CC[C@H](NC(=O)CN(c1ccc(Br)cc1)S(C)(=O)=O)c1ccc(OC)cc1. The van der Waals surface area contributed by atoms with Crippen LogP contribution in [0.5, 0.6) is 5.75 Å². The molecule has 1 N–H and O–H groups in total. The highest BCUT2D eigenvalue weighted by Crippen LogP contribution is 2.22. The topological polar surface area (TPSA) is 75.7 Å². The Hall–Kier alpha value is -2.06. The van der Waals surface area contributed by atoms with E-state index in [4.69, 9.17) is 4.74 Å². The number of carbonyl (C=O) groups excluding carboxylic acids is 1. The maximum Gasteiger partial charge on any atom is 0.241 e. The van der Waals surface area contributed by atoms with Gasteiger partial charge in [-0.25, -0.2) is 8.42 Å². The van der Waals surface area contributed by atoms with Crippen LogP contribution < -0.4 is 14.4 Å². The lowest BCUT2D eigenvalue weighted by molar-refractivity contribution is -0.120. The predicted molar refractivity (Wildman–Crippen MR) is 111 cm³/mol. The van der Waals surface area contributed by atoms with Crippen LogP contribution >= 0.6 is 15.9 Å². The Morgan fingerprint density at radius 3 is 2.22 bits per heavy atom. The predicted octanol–water partition coefficient (Wildman–Crippen LogP) is 3.49. The summed E-state index contributed by atoms with van der Waals surface area (Å²) < 4.78 is 31.4. The van der Waals surface area contributed by atoms with E-state index >= 15 is 0 Å². The minimum Gasteiger partial charge on any atom is -0.497 e. The molecule has 0 unspecified atom stereocenters. The Labute approximate surface area is 168 Å². The number of amides is 1. The summed E-state index contributed by atoms with van der Waals surface area (Å²) in [7, 11) is -2.01. The number of anilines is 1. The first-order chi connectivity index (χ1) is 12.7. The summed E-state index contributed by atoms with van der Waals surface area (Å²) in [5.41, 5.74) is 1.37. The third-order valence-electron chi connectivity index (χ3n) is 4.06. The number of hydrogen-bond acceptors (Lipinski definition) is 4. The summed E-state index contributed by atoms with van der Waals surface area (Å²) >= 11 is 3.32. The first-order valence-electron chi connectivity index (χ1n) is 8.41. The van der Waals surface area contributed by atoms with Crippen LogP contribution in [0.3, 0.4) is 0 Å². The Morgan fingerprint density at radius 1 is 1.15 bits per heavy atom. The van der Waals surface area contributed by atoms with Gasteiger partial charge in [-0.05, 0) is 48.4 Å². The van der Waals surface area contributed by atoms with Gasteiger partial charge < -0.3 is 10.1 Å². The van der Waals surface area contributed by atoms with Crippen molar-refractivity contribution in [3.63, 3.8) is 0 Å². The van der Waals surface area contributed by atoms with Gasteiger partial charge in [0, 0.05) is 4.47 Å². The van der Waals surface area contributed by atoms with Gasteiger partial charge in [-0.3, -0.25) is 9.10 Å². The third-order valence-corrected chi connectivity index (χ3v) is 5.73. The number of carbonyl (C=O) groups is 1.